The lowest BCUT2D eigenvalue weighted by molar-refractivity contribution is -0.116. The highest BCUT2D eigenvalue weighted by atomic mass is 32.2. The summed E-state index contributed by atoms with van der Waals surface area (Å²) in [6.07, 6.45) is 2.84. The Morgan fingerprint density at radius 1 is 1.23 bits per heavy atom. The molecule has 6 nitrogen and oxygen atoms in total. The first-order chi connectivity index (χ1) is 12.4. The second-order valence-electron chi connectivity index (χ2n) is 7.11. The van der Waals surface area contributed by atoms with Gasteiger partial charge in [0.2, 0.25) is 5.91 Å². The van der Waals surface area contributed by atoms with Gasteiger partial charge in [-0.1, -0.05) is 25.6 Å². The Morgan fingerprint density at radius 2 is 1.92 bits per heavy atom. The van der Waals surface area contributed by atoms with Gasteiger partial charge in [-0.05, 0) is 43.0 Å². The number of amides is 1. The van der Waals surface area contributed by atoms with Gasteiger partial charge in [0, 0.05) is 30.6 Å². The first-order valence-electron chi connectivity index (χ1n) is 8.89. The summed E-state index contributed by atoms with van der Waals surface area (Å²) < 4.78 is 1.99. The van der Waals surface area contributed by atoms with Crippen molar-refractivity contribution in [3.63, 3.8) is 0 Å². The quantitative estimate of drug-likeness (QED) is 0.565. The lowest BCUT2D eigenvalue weighted by Crippen LogP contribution is -2.14. The first kappa shape index (κ1) is 18.6. The standard InChI is InChI=1S/C19H24N4O2S/c1-12(2)10-17(25)20-15-8-6-13(7-9-15)16(24)11-26-19-22-21-18(23(19)3)14-4-5-14/h6-9,12,14H,4-5,10-11H2,1-3H3,(H,20,25). The van der Waals surface area contributed by atoms with E-state index in [9.17, 15) is 9.59 Å². The van der Waals surface area contributed by atoms with Crippen LogP contribution < -0.4 is 5.32 Å². The van der Waals surface area contributed by atoms with Crippen molar-refractivity contribution >= 4 is 29.1 Å². The van der Waals surface area contributed by atoms with Crippen LogP contribution in [0.25, 0.3) is 0 Å². The molecule has 1 heterocycles. The molecule has 0 spiro atoms. The zero-order chi connectivity index (χ0) is 18.7. The van der Waals surface area contributed by atoms with Gasteiger partial charge in [-0.15, -0.1) is 10.2 Å². The molecule has 7 heteroatoms. The molecule has 0 aliphatic heterocycles. The van der Waals surface area contributed by atoms with Gasteiger partial charge in [0.25, 0.3) is 0 Å². The van der Waals surface area contributed by atoms with Crippen molar-refractivity contribution in [2.24, 2.45) is 13.0 Å². The van der Waals surface area contributed by atoms with E-state index in [0.717, 1.165) is 11.0 Å². The number of hydrogen-bond acceptors (Lipinski definition) is 5. The Morgan fingerprint density at radius 3 is 2.54 bits per heavy atom. The topological polar surface area (TPSA) is 76.9 Å². The second kappa shape index (κ2) is 8.03. The smallest absolute Gasteiger partial charge is 0.224 e. The minimum Gasteiger partial charge on any atom is -0.326 e. The van der Waals surface area contributed by atoms with Crippen LogP contribution in [0.2, 0.25) is 0 Å². The zero-order valence-corrected chi connectivity index (χ0v) is 16.2. The number of carbonyl (C=O) groups excluding carboxylic acids is 2. The average Bonchev–Trinajstić information content (AvgIpc) is 3.36. The molecule has 1 amide bonds. The van der Waals surface area contributed by atoms with Gasteiger partial charge in [-0.2, -0.15) is 0 Å². The Bertz CT molecular complexity index is 794. The van der Waals surface area contributed by atoms with E-state index in [-0.39, 0.29) is 11.7 Å². The molecule has 1 saturated carbocycles. The van der Waals surface area contributed by atoms with E-state index in [4.69, 9.17) is 0 Å². The number of rotatable bonds is 8. The summed E-state index contributed by atoms with van der Waals surface area (Å²) in [5.41, 5.74) is 1.34. The highest BCUT2D eigenvalue weighted by Crippen LogP contribution is 2.39. The molecule has 1 N–H and O–H groups in total. The molecule has 26 heavy (non-hydrogen) atoms. The predicted octanol–water partition coefficient (Wildman–Crippen LogP) is 3.65. The number of aromatic nitrogens is 3. The first-order valence-corrected chi connectivity index (χ1v) is 9.87. The van der Waals surface area contributed by atoms with Gasteiger partial charge < -0.3 is 9.88 Å². The third kappa shape index (κ3) is 4.72. The van der Waals surface area contributed by atoms with Crippen LogP contribution in [0, 0.1) is 5.92 Å². The normalized spacial score (nSPS) is 13.8. The number of carbonyl (C=O) groups is 2. The molecule has 3 rings (SSSR count). The van der Waals surface area contributed by atoms with Gasteiger partial charge in [0.05, 0.1) is 5.75 Å². The molecule has 0 radical (unpaired) electrons. The fourth-order valence-electron chi connectivity index (χ4n) is 2.68. The summed E-state index contributed by atoms with van der Waals surface area (Å²) in [6.45, 7) is 4.01. The summed E-state index contributed by atoms with van der Waals surface area (Å²) in [7, 11) is 1.95. The van der Waals surface area contributed by atoms with Crippen molar-refractivity contribution in [1.82, 2.24) is 14.8 Å². The van der Waals surface area contributed by atoms with Crippen LogP contribution in [0.1, 0.15) is 55.2 Å². The molecule has 0 saturated heterocycles. The van der Waals surface area contributed by atoms with Crippen LogP contribution >= 0.6 is 11.8 Å². The summed E-state index contributed by atoms with van der Waals surface area (Å²) in [6, 6.07) is 7.04. The van der Waals surface area contributed by atoms with Crippen molar-refractivity contribution < 1.29 is 9.59 Å². The van der Waals surface area contributed by atoms with Crippen molar-refractivity contribution in [3.8, 4) is 0 Å². The molecule has 1 aromatic heterocycles. The fourth-order valence-corrected chi connectivity index (χ4v) is 3.50. The Balaban J connectivity index is 1.54. The summed E-state index contributed by atoms with van der Waals surface area (Å²) in [5, 5.41) is 12.0. The lowest BCUT2D eigenvalue weighted by atomic mass is 10.1. The number of ketones is 1. The molecule has 1 fully saturated rings. The maximum atomic E-state index is 12.4. The molecular formula is C19H24N4O2S. The van der Waals surface area contributed by atoms with Crippen LogP contribution in [0.5, 0.6) is 0 Å². The molecule has 1 aliphatic carbocycles. The van der Waals surface area contributed by atoms with Crippen LogP contribution in [0.4, 0.5) is 5.69 Å². The van der Waals surface area contributed by atoms with Gasteiger partial charge >= 0.3 is 0 Å². The van der Waals surface area contributed by atoms with Crippen molar-refractivity contribution in [3.05, 3.63) is 35.7 Å². The largest absolute Gasteiger partial charge is 0.326 e. The predicted molar refractivity (Wildman–Crippen MR) is 103 cm³/mol. The van der Waals surface area contributed by atoms with E-state index in [2.05, 4.69) is 15.5 Å². The van der Waals surface area contributed by atoms with Crippen molar-refractivity contribution in [2.45, 2.75) is 44.2 Å². The minimum absolute atomic E-state index is 0.0108. The van der Waals surface area contributed by atoms with Crippen molar-refractivity contribution in [1.29, 1.82) is 0 Å². The van der Waals surface area contributed by atoms with Crippen molar-refractivity contribution in [2.75, 3.05) is 11.1 Å². The molecule has 2 aromatic rings. The number of thioether (sulfide) groups is 1. The maximum absolute atomic E-state index is 12.4. The number of hydrogen-bond donors (Lipinski definition) is 1. The SMILES string of the molecule is CC(C)CC(=O)Nc1ccc(C(=O)CSc2nnc(C3CC3)n2C)cc1. The Labute approximate surface area is 157 Å². The van der Waals surface area contributed by atoms with E-state index in [1.165, 1.54) is 24.6 Å². The van der Waals surface area contributed by atoms with Gasteiger partial charge in [-0.3, -0.25) is 9.59 Å². The molecule has 138 valence electrons. The van der Waals surface area contributed by atoms with E-state index < -0.39 is 0 Å². The summed E-state index contributed by atoms with van der Waals surface area (Å²) in [4.78, 5) is 24.2. The average molecular weight is 372 g/mol. The summed E-state index contributed by atoms with van der Waals surface area (Å²) in [5.74, 6) is 2.20. The molecule has 0 bridgehead atoms. The second-order valence-corrected chi connectivity index (χ2v) is 8.05. The highest BCUT2D eigenvalue weighted by molar-refractivity contribution is 7.99. The Hall–Kier alpha value is -2.15. The monoisotopic (exact) mass is 372 g/mol. The third-order valence-corrected chi connectivity index (χ3v) is 5.25. The summed E-state index contributed by atoms with van der Waals surface area (Å²) >= 11 is 1.41. The van der Waals surface area contributed by atoms with Crippen LogP contribution in [-0.4, -0.2) is 32.2 Å². The maximum Gasteiger partial charge on any atom is 0.224 e. The fraction of sp³-hybridized carbons (Fsp3) is 0.474. The molecule has 0 atom stereocenters. The minimum atomic E-state index is -0.0108. The number of nitrogens with zero attached hydrogens (tertiary/aromatic N) is 3. The van der Waals surface area contributed by atoms with E-state index >= 15 is 0 Å². The van der Waals surface area contributed by atoms with E-state index in [1.54, 1.807) is 24.3 Å². The number of anilines is 1. The van der Waals surface area contributed by atoms with Gasteiger partial charge in [0.15, 0.2) is 10.9 Å². The van der Waals surface area contributed by atoms with E-state index in [0.29, 0.717) is 35.3 Å². The molecule has 1 aromatic carbocycles. The molecule has 1 aliphatic rings. The lowest BCUT2D eigenvalue weighted by Gasteiger charge is -2.08. The van der Waals surface area contributed by atoms with Gasteiger partial charge in [0.1, 0.15) is 5.82 Å². The number of nitrogens with one attached hydrogen (secondary N) is 1. The number of Topliss-reactive ketones (excluding diaryl/α,β-unsaturated/α-hetero) is 1. The van der Waals surface area contributed by atoms with Crippen LogP contribution in [0.3, 0.4) is 0 Å². The molecular weight excluding hydrogens is 348 g/mol. The zero-order valence-electron chi connectivity index (χ0n) is 15.4. The van der Waals surface area contributed by atoms with Crippen LogP contribution in [-0.2, 0) is 11.8 Å². The molecule has 0 unspecified atom stereocenters. The van der Waals surface area contributed by atoms with E-state index in [1.807, 2.05) is 25.5 Å². The number of benzene rings is 1. The Kier molecular flexibility index (Phi) is 5.76. The third-order valence-electron chi connectivity index (χ3n) is 4.23. The van der Waals surface area contributed by atoms with Gasteiger partial charge in [-0.25, -0.2) is 0 Å². The highest BCUT2D eigenvalue weighted by Gasteiger charge is 2.29. The van der Waals surface area contributed by atoms with Crippen LogP contribution in [0.15, 0.2) is 29.4 Å².